The van der Waals surface area contributed by atoms with Crippen molar-refractivity contribution in [1.82, 2.24) is 0 Å². The maximum Gasteiger partial charge on any atom is 0.325 e. The number of rotatable bonds is 3. The molecule has 0 aliphatic carbocycles. The number of carboxylic acid groups (broad SMARTS) is 1. The Hall–Kier alpha value is -1.64. The summed E-state index contributed by atoms with van der Waals surface area (Å²) in [6.07, 6.45) is 1.58. The largest absolute Gasteiger partial charge is 0.480 e. The first-order chi connectivity index (χ1) is 7.39. The SMILES string of the molecule is CC(C)(C)c1ccc(/C=N/CC(=O)O)cc1. The molecule has 16 heavy (non-hydrogen) atoms. The fourth-order valence-electron chi connectivity index (χ4n) is 1.30. The molecule has 1 aromatic rings. The van der Waals surface area contributed by atoms with E-state index < -0.39 is 5.97 Å². The van der Waals surface area contributed by atoms with Gasteiger partial charge in [0.25, 0.3) is 0 Å². The summed E-state index contributed by atoms with van der Waals surface area (Å²) in [5.74, 6) is -0.914. The third-order valence-corrected chi connectivity index (χ3v) is 2.24. The molecule has 86 valence electrons. The zero-order valence-electron chi connectivity index (χ0n) is 9.90. The molecule has 1 N–H and O–H groups in total. The Bertz CT molecular complexity index is 385. The maximum absolute atomic E-state index is 10.3. The van der Waals surface area contributed by atoms with E-state index >= 15 is 0 Å². The number of hydrogen-bond acceptors (Lipinski definition) is 2. The van der Waals surface area contributed by atoms with E-state index in [9.17, 15) is 4.79 Å². The van der Waals surface area contributed by atoms with Crippen LogP contribution in [0.25, 0.3) is 0 Å². The van der Waals surface area contributed by atoms with Crippen molar-refractivity contribution in [2.45, 2.75) is 26.2 Å². The molecule has 3 nitrogen and oxygen atoms in total. The molecule has 0 fully saturated rings. The monoisotopic (exact) mass is 219 g/mol. The molecule has 0 radical (unpaired) electrons. The third kappa shape index (κ3) is 3.85. The van der Waals surface area contributed by atoms with Crippen molar-refractivity contribution >= 4 is 12.2 Å². The molecule has 0 unspecified atom stereocenters. The molecule has 0 aliphatic rings. The highest BCUT2D eigenvalue weighted by Gasteiger charge is 2.12. The van der Waals surface area contributed by atoms with Gasteiger partial charge in [0.15, 0.2) is 0 Å². The first kappa shape index (κ1) is 12.4. The molecule has 1 aromatic carbocycles. The molecule has 0 heterocycles. The number of nitrogens with zero attached hydrogens (tertiary/aromatic N) is 1. The van der Waals surface area contributed by atoms with Crippen LogP contribution >= 0.6 is 0 Å². The van der Waals surface area contributed by atoms with Crippen LogP contribution in [-0.4, -0.2) is 23.8 Å². The van der Waals surface area contributed by atoms with E-state index in [0.29, 0.717) is 0 Å². The minimum absolute atomic E-state index is 0.136. The van der Waals surface area contributed by atoms with E-state index in [-0.39, 0.29) is 12.0 Å². The number of carboxylic acids is 1. The molecule has 3 heteroatoms. The summed E-state index contributed by atoms with van der Waals surface area (Å²) in [6.45, 7) is 6.28. The Morgan fingerprint density at radius 3 is 2.31 bits per heavy atom. The number of aliphatic imine (C=N–C) groups is 1. The van der Waals surface area contributed by atoms with Crippen molar-refractivity contribution < 1.29 is 9.90 Å². The van der Waals surface area contributed by atoms with Crippen LogP contribution in [0.5, 0.6) is 0 Å². The van der Waals surface area contributed by atoms with Gasteiger partial charge in [0.05, 0.1) is 0 Å². The van der Waals surface area contributed by atoms with Gasteiger partial charge in [-0.25, -0.2) is 0 Å². The van der Waals surface area contributed by atoms with Crippen LogP contribution in [0.1, 0.15) is 31.9 Å². The maximum atomic E-state index is 10.3. The highest BCUT2D eigenvalue weighted by atomic mass is 16.4. The van der Waals surface area contributed by atoms with Gasteiger partial charge >= 0.3 is 5.97 Å². The minimum atomic E-state index is -0.914. The molecular formula is C13H17NO2. The average molecular weight is 219 g/mol. The van der Waals surface area contributed by atoms with E-state index in [2.05, 4.69) is 25.8 Å². The van der Waals surface area contributed by atoms with Gasteiger partial charge in [0.1, 0.15) is 6.54 Å². The highest BCUT2D eigenvalue weighted by molar-refractivity contribution is 5.81. The predicted octanol–water partition coefficient (Wildman–Crippen LogP) is 2.49. The van der Waals surface area contributed by atoms with Crippen LogP contribution in [0.15, 0.2) is 29.3 Å². The Morgan fingerprint density at radius 2 is 1.88 bits per heavy atom. The van der Waals surface area contributed by atoms with Gasteiger partial charge in [-0.1, -0.05) is 45.0 Å². The van der Waals surface area contributed by atoms with Crippen LogP contribution in [0.3, 0.4) is 0 Å². The predicted molar refractivity (Wildman–Crippen MR) is 65.2 cm³/mol. The molecule has 0 atom stereocenters. The quantitative estimate of drug-likeness (QED) is 0.794. The summed E-state index contributed by atoms with van der Waals surface area (Å²) in [5, 5.41) is 8.43. The van der Waals surface area contributed by atoms with Crippen LogP contribution in [0, 0.1) is 0 Å². The fourth-order valence-corrected chi connectivity index (χ4v) is 1.30. The number of aliphatic carboxylic acids is 1. The van der Waals surface area contributed by atoms with E-state index in [4.69, 9.17) is 5.11 Å². The van der Waals surface area contributed by atoms with Gasteiger partial charge in [-0.15, -0.1) is 0 Å². The molecule has 0 aliphatic heterocycles. The number of carbonyl (C=O) groups is 1. The average Bonchev–Trinajstić information content (AvgIpc) is 2.16. The lowest BCUT2D eigenvalue weighted by Gasteiger charge is -2.18. The van der Waals surface area contributed by atoms with Crippen molar-refractivity contribution in [3.8, 4) is 0 Å². The molecule has 0 spiro atoms. The summed E-state index contributed by atoms with van der Waals surface area (Å²) < 4.78 is 0. The molecule has 0 saturated heterocycles. The second-order valence-electron chi connectivity index (χ2n) is 4.74. The first-order valence-corrected chi connectivity index (χ1v) is 5.22. The van der Waals surface area contributed by atoms with Gasteiger partial charge in [0.2, 0.25) is 0 Å². The molecule has 0 bridgehead atoms. The van der Waals surface area contributed by atoms with E-state index in [1.165, 1.54) is 5.56 Å². The Morgan fingerprint density at radius 1 is 1.31 bits per heavy atom. The molecular weight excluding hydrogens is 202 g/mol. The minimum Gasteiger partial charge on any atom is -0.480 e. The first-order valence-electron chi connectivity index (χ1n) is 5.22. The Balaban J connectivity index is 2.72. The van der Waals surface area contributed by atoms with Gasteiger partial charge in [-0.05, 0) is 16.5 Å². The number of benzene rings is 1. The highest BCUT2D eigenvalue weighted by Crippen LogP contribution is 2.21. The van der Waals surface area contributed by atoms with E-state index in [1.807, 2.05) is 24.3 Å². The second kappa shape index (κ2) is 4.92. The molecule has 0 saturated carbocycles. The van der Waals surface area contributed by atoms with Gasteiger partial charge in [-0.2, -0.15) is 0 Å². The summed E-state index contributed by atoms with van der Waals surface area (Å²) >= 11 is 0. The Labute approximate surface area is 95.8 Å². The van der Waals surface area contributed by atoms with Gasteiger partial charge < -0.3 is 5.11 Å². The van der Waals surface area contributed by atoms with Crippen LogP contribution in [0.2, 0.25) is 0 Å². The lowest BCUT2D eigenvalue weighted by Crippen LogP contribution is -2.10. The van der Waals surface area contributed by atoms with Crippen molar-refractivity contribution in [2.24, 2.45) is 4.99 Å². The standard InChI is InChI=1S/C13H17NO2/c1-13(2,3)11-6-4-10(5-7-11)8-14-9-12(15)16/h4-8H,9H2,1-3H3,(H,15,16)/b14-8+. The zero-order chi connectivity index (χ0) is 12.2. The van der Waals surface area contributed by atoms with Crippen molar-refractivity contribution in [2.75, 3.05) is 6.54 Å². The van der Waals surface area contributed by atoms with Crippen LogP contribution in [0.4, 0.5) is 0 Å². The van der Waals surface area contributed by atoms with Gasteiger partial charge in [0, 0.05) is 6.21 Å². The Kier molecular flexibility index (Phi) is 3.82. The molecule has 0 amide bonds. The zero-order valence-corrected chi connectivity index (χ0v) is 9.90. The van der Waals surface area contributed by atoms with Crippen LogP contribution < -0.4 is 0 Å². The van der Waals surface area contributed by atoms with E-state index in [1.54, 1.807) is 6.21 Å². The lowest BCUT2D eigenvalue weighted by atomic mass is 9.87. The van der Waals surface area contributed by atoms with E-state index in [0.717, 1.165) is 5.56 Å². The summed E-state index contributed by atoms with van der Waals surface area (Å²) in [5.41, 5.74) is 2.31. The van der Waals surface area contributed by atoms with Crippen molar-refractivity contribution in [3.63, 3.8) is 0 Å². The van der Waals surface area contributed by atoms with Crippen LogP contribution in [-0.2, 0) is 10.2 Å². The van der Waals surface area contributed by atoms with Crippen molar-refractivity contribution in [3.05, 3.63) is 35.4 Å². The fraction of sp³-hybridized carbons (Fsp3) is 0.385. The van der Waals surface area contributed by atoms with Gasteiger partial charge in [-0.3, -0.25) is 9.79 Å². The summed E-state index contributed by atoms with van der Waals surface area (Å²) in [7, 11) is 0. The second-order valence-corrected chi connectivity index (χ2v) is 4.74. The van der Waals surface area contributed by atoms with Crippen molar-refractivity contribution in [1.29, 1.82) is 0 Å². The number of hydrogen-bond donors (Lipinski definition) is 1. The lowest BCUT2D eigenvalue weighted by molar-refractivity contribution is -0.135. The molecule has 1 rings (SSSR count). The smallest absolute Gasteiger partial charge is 0.325 e. The normalized spacial score (nSPS) is 11.9. The third-order valence-electron chi connectivity index (χ3n) is 2.24. The summed E-state index contributed by atoms with van der Waals surface area (Å²) in [6, 6.07) is 7.99. The topological polar surface area (TPSA) is 49.7 Å². The molecule has 0 aromatic heterocycles. The summed E-state index contributed by atoms with van der Waals surface area (Å²) in [4.78, 5) is 14.1.